The van der Waals surface area contributed by atoms with Crippen LogP contribution in [0.3, 0.4) is 0 Å². The molecule has 1 N–H and O–H groups in total. The lowest BCUT2D eigenvalue weighted by atomic mass is 10.1. The number of aromatic nitrogens is 2. The standard InChI is InChI=1S/C21H26N4O3S/c26-18-10-9-15(13-25(18)14-19(27)24-11-5-2-6-12-24)20(28)23-21-22-16-7-3-1-4-8-17(16)29-21/h9-10,13H,1-8,11-12,14H2,(H,22,23,28). The van der Waals surface area contributed by atoms with Crippen LogP contribution in [-0.4, -0.2) is 39.4 Å². The molecule has 1 fully saturated rings. The Labute approximate surface area is 173 Å². The highest BCUT2D eigenvalue weighted by Crippen LogP contribution is 2.29. The van der Waals surface area contributed by atoms with Crippen LogP contribution in [0.1, 0.15) is 59.5 Å². The maximum Gasteiger partial charge on any atom is 0.258 e. The van der Waals surface area contributed by atoms with Crippen molar-refractivity contribution >= 4 is 28.3 Å². The van der Waals surface area contributed by atoms with Crippen molar-refractivity contribution in [1.82, 2.24) is 14.5 Å². The van der Waals surface area contributed by atoms with Crippen LogP contribution in [0.15, 0.2) is 23.1 Å². The Morgan fingerprint density at radius 1 is 1.03 bits per heavy atom. The van der Waals surface area contributed by atoms with Gasteiger partial charge >= 0.3 is 0 Å². The average Bonchev–Trinajstić information content (AvgIpc) is 2.98. The van der Waals surface area contributed by atoms with Gasteiger partial charge in [-0.15, -0.1) is 11.3 Å². The lowest BCUT2D eigenvalue weighted by molar-refractivity contribution is -0.132. The molecule has 2 aromatic rings. The number of likely N-dealkylation sites (tertiary alicyclic amines) is 1. The van der Waals surface area contributed by atoms with E-state index in [1.807, 2.05) is 0 Å². The summed E-state index contributed by atoms with van der Waals surface area (Å²) in [5.74, 6) is -0.388. The molecule has 154 valence electrons. The maximum absolute atomic E-state index is 12.7. The minimum Gasteiger partial charge on any atom is -0.341 e. The van der Waals surface area contributed by atoms with Gasteiger partial charge in [-0.05, 0) is 51.0 Å². The van der Waals surface area contributed by atoms with Crippen LogP contribution in [0.2, 0.25) is 0 Å². The normalized spacial score (nSPS) is 16.8. The molecule has 1 saturated heterocycles. The van der Waals surface area contributed by atoms with Crippen LogP contribution >= 0.6 is 11.3 Å². The number of piperidine rings is 1. The Hall–Kier alpha value is -2.48. The average molecular weight is 415 g/mol. The lowest BCUT2D eigenvalue weighted by Gasteiger charge is -2.26. The molecule has 0 bridgehead atoms. The fourth-order valence-corrected chi connectivity index (χ4v) is 4.97. The first-order valence-electron chi connectivity index (χ1n) is 10.4. The number of aryl methyl sites for hydroxylation is 2. The second-order valence-electron chi connectivity index (χ2n) is 7.73. The number of thiazole rings is 1. The molecule has 8 heteroatoms. The number of hydrogen-bond acceptors (Lipinski definition) is 5. The smallest absolute Gasteiger partial charge is 0.258 e. The Morgan fingerprint density at radius 3 is 2.62 bits per heavy atom. The van der Waals surface area contributed by atoms with Crippen molar-refractivity contribution in [2.45, 2.75) is 57.9 Å². The number of carbonyl (C=O) groups is 2. The maximum atomic E-state index is 12.7. The third-order valence-electron chi connectivity index (χ3n) is 5.58. The molecule has 1 aliphatic carbocycles. The molecular formula is C21H26N4O3S. The SMILES string of the molecule is O=C(Nc1nc2c(s1)CCCCC2)c1ccc(=O)n(CC(=O)N2CCCCC2)c1. The first-order chi connectivity index (χ1) is 14.1. The van der Waals surface area contributed by atoms with E-state index in [0.717, 1.165) is 57.3 Å². The number of fused-ring (bicyclic) bond motifs is 1. The minimum atomic E-state index is -0.312. The first kappa shape index (κ1) is 19.8. The van der Waals surface area contributed by atoms with Gasteiger partial charge in [0, 0.05) is 30.2 Å². The van der Waals surface area contributed by atoms with Crippen molar-refractivity contribution in [3.63, 3.8) is 0 Å². The number of hydrogen-bond donors (Lipinski definition) is 1. The van der Waals surface area contributed by atoms with E-state index in [0.29, 0.717) is 10.7 Å². The van der Waals surface area contributed by atoms with Crippen molar-refractivity contribution in [2.75, 3.05) is 18.4 Å². The van der Waals surface area contributed by atoms with Gasteiger partial charge in [0.05, 0.1) is 11.3 Å². The van der Waals surface area contributed by atoms with Crippen LogP contribution in [0.25, 0.3) is 0 Å². The predicted molar refractivity (Wildman–Crippen MR) is 112 cm³/mol. The molecule has 0 spiro atoms. The van der Waals surface area contributed by atoms with Gasteiger partial charge in [0.25, 0.3) is 11.5 Å². The summed E-state index contributed by atoms with van der Waals surface area (Å²) in [7, 11) is 0. The number of nitrogens with one attached hydrogen (secondary N) is 1. The second-order valence-corrected chi connectivity index (χ2v) is 8.81. The van der Waals surface area contributed by atoms with Crippen molar-refractivity contribution in [2.24, 2.45) is 0 Å². The van der Waals surface area contributed by atoms with E-state index in [1.54, 1.807) is 4.90 Å². The summed E-state index contributed by atoms with van der Waals surface area (Å²) in [6.45, 7) is 1.44. The van der Waals surface area contributed by atoms with Gasteiger partial charge in [-0.25, -0.2) is 4.98 Å². The van der Waals surface area contributed by atoms with Crippen molar-refractivity contribution in [3.05, 3.63) is 44.8 Å². The van der Waals surface area contributed by atoms with Gasteiger partial charge in [-0.1, -0.05) is 6.42 Å². The molecule has 1 aliphatic heterocycles. The molecule has 0 radical (unpaired) electrons. The van der Waals surface area contributed by atoms with Gasteiger partial charge in [0.15, 0.2) is 5.13 Å². The molecule has 0 unspecified atom stereocenters. The van der Waals surface area contributed by atoms with E-state index in [1.165, 1.54) is 52.0 Å². The number of amides is 2. The number of nitrogens with zero attached hydrogens (tertiary/aromatic N) is 3. The number of pyridine rings is 1. The largest absolute Gasteiger partial charge is 0.341 e. The third-order valence-corrected chi connectivity index (χ3v) is 6.65. The summed E-state index contributed by atoms with van der Waals surface area (Å²) in [5, 5.41) is 3.46. The van der Waals surface area contributed by atoms with Crippen LogP contribution in [-0.2, 0) is 24.2 Å². The summed E-state index contributed by atoms with van der Waals surface area (Å²) in [6, 6.07) is 2.84. The number of carbonyl (C=O) groups excluding carboxylic acids is 2. The van der Waals surface area contributed by atoms with Crippen molar-refractivity contribution < 1.29 is 9.59 Å². The van der Waals surface area contributed by atoms with E-state index < -0.39 is 0 Å². The van der Waals surface area contributed by atoms with E-state index >= 15 is 0 Å². The summed E-state index contributed by atoms with van der Waals surface area (Å²) in [4.78, 5) is 45.0. The molecule has 2 aromatic heterocycles. The first-order valence-corrected chi connectivity index (χ1v) is 11.2. The third kappa shape index (κ3) is 4.75. The summed E-state index contributed by atoms with van der Waals surface area (Å²) < 4.78 is 1.32. The van der Waals surface area contributed by atoms with Crippen molar-refractivity contribution in [1.29, 1.82) is 0 Å². The van der Waals surface area contributed by atoms with Gasteiger partial charge in [-0.2, -0.15) is 0 Å². The minimum absolute atomic E-state index is 0.0362. The van der Waals surface area contributed by atoms with Crippen LogP contribution in [0.5, 0.6) is 0 Å². The molecule has 29 heavy (non-hydrogen) atoms. The van der Waals surface area contributed by atoms with E-state index in [-0.39, 0.29) is 23.9 Å². The Kier molecular flexibility index (Phi) is 6.08. The van der Waals surface area contributed by atoms with Gasteiger partial charge in [0.1, 0.15) is 6.54 Å². The van der Waals surface area contributed by atoms with E-state index in [9.17, 15) is 14.4 Å². The molecule has 2 aliphatic rings. The highest BCUT2D eigenvalue weighted by molar-refractivity contribution is 7.15. The van der Waals surface area contributed by atoms with Crippen LogP contribution < -0.4 is 10.9 Å². The van der Waals surface area contributed by atoms with E-state index in [2.05, 4.69) is 10.3 Å². The van der Waals surface area contributed by atoms with Gasteiger partial charge in [0.2, 0.25) is 5.91 Å². The molecule has 3 heterocycles. The number of anilines is 1. The topological polar surface area (TPSA) is 84.3 Å². The zero-order valence-corrected chi connectivity index (χ0v) is 17.3. The quantitative estimate of drug-likeness (QED) is 0.780. The monoisotopic (exact) mass is 414 g/mol. The lowest BCUT2D eigenvalue weighted by Crippen LogP contribution is -2.39. The molecule has 4 rings (SSSR count). The summed E-state index contributed by atoms with van der Waals surface area (Å²) >= 11 is 1.54. The van der Waals surface area contributed by atoms with Gasteiger partial charge < -0.3 is 9.47 Å². The van der Waals surface area contributed by atoms with Crippen LogP contribution in [0.4, 0.5) is 5.13 Å². The molecular weight excluding hydrogens is 388 g/mol. The molecule has 2 amide bonds. The summed E-state index contributed by atoms with van der Waals surface area (Å²) in [5.41, 5.74) is 1.16. The molecule has 7 nitrogen and oxygen atoms in total. The Bertz CT molecular complexity index is 936. The van der Waals surface area contributed by atoms with Gasteiger partial charge in [-0.3, -0.25) is 19.7 Å². The fraction of sp³-hybridized carbons (Fsp3) is 0.524. The summed E-state index contributed by atoms with van der Waals surface area (Å²) in [6.07, 6.45) is 10.1. The Morgan fingerprint density at radius 2 is 1.79 bits per heavy atom. The zero-order chi connectivity index (χ0) is 20.2. The zero-order valence-electron chi connectivity index (χ0n) is 16.5. The van der Waals surface area contributed by atoms with E-state index in [4.69, 9.17) is 0 Å². The predicted octanol–water partition coefficient (Wildman–Crippen LogP) is 2.84. The fourth-order valence-electron chi connectivity index (χ4n) is 3.93. The van der Waals surface area contributed by atoms with Crippen LogP contribution in [0, 0.1) is 0 Å². The number of rotatable bonds is 4. The molecule has 0 atom stereocenters. The van der Waals surface area contributed by atoms with Crippen molar-refractivity contribution in [3.8, 4) is 0 Å². The highest BCUT2D eigenvalue weighted by atomic mass is 32.1. The Balaban J connectivity index is 1.45. The highest BCUT2D eigenvalue weighted by Gasteiger charge is 2.19. The molecule has 0 aromatic carbocycles. The molecule has 0 saturated carbocycles. The second kappa shape index (κ2) is 8.90.